The summed E-state index contributed by atoms with van der Waals surface area (Å²) in [6.45, 7) is 6.03. The number of nitrogens with one attached hydrogen (secondary N) is 1. The monoisotopic (exact) mass is 358 g/mol. The molecule has 1 atom stereocenters. The van der Waals surface area contributed by atoms with Crippen LogP contribution in [0.2, 0.25) is 0 Å². The van der Waals surface area contributed by atoms with Crippen molar-refractivity contribution in [1.29, 1.82) is 0 Å². The first-order valence-electron chi connectivity index (χ1n) is 8.23. The lowest BCUT2D eigenvalue weighted by molar-refractivity contribution is -0.122. The Morgan fingerprint density at radius 3 is 2.56 bits per heavy atom. The first-order valence-corrected chi connectivity index (χ1v) is 9.67. The number of carbonyl (C=O) groups excluding carboxylic acids is 1. The van der Waals surface area contributed by atoms with Crippen LogP contribution in [0.15, 0.2) is 47.4 Å². The smallest absolute Gasteiger partial charge is 0.244 e. The van der Waals surface area contributed by atoms with Gasteiger partial charge in [0.05, 0.1) is 17.5 Å². The highest BCUT2D eigenvalue weighted by atomic mass is 32.2. The van der Waals surface area contributed by atoms with Gasteiger partial charge in [-0.1, -0.05) is 36.4 Å². The maximum absolute atomic E-state index is 12.5. The van der Waals surface area contributed by atoms with Crippen molar-refractivity contribution in [2.24, 2.45) is 0 Å². The third kappa shape index (κ3) is 3.45. The standard InChI is InChI=1S/C19H22N2O3S/c1-13-8-9-16(10-14(13)2)15(3)20-19(22)12-21-11-17-6-4-5-7-18(17)25(21,23)24/h4-10,15H,11-12H2,1-3H3,(H,20,22). The van der Waals surface area contributed by atoms with Gasteiger partial charge in [0.1, 0.15) is 0 Å². The number of hydrogen-bond donors (Lipinski definition) is 1. The van der Waals surface area contributed by atoms with Crippen molar-refractivity contribution in [2.75, 3.05) is 6.54 Å². The molecule has 0 saturated carbocycles. The van der Waals surface area contributed by atoms with E-state index in [1.54, 1.807) is 24.3 Å². The van der Waals surface area contributed by atoms with E-state index in [0.717, 1.165) is 16.7 Å². The molecular weight excluding hydrogens is 336 g/mol. The maximum Gasteiger partial charge on any atom is 0.244 e. The van der Waals surface area contributed by atoms with Gasteiger partial charge in [0.25, 0.3) is 0 Å². The molecule has 132 valence electrons. The number of hydrogen-bond acceptors (Lipinski definition) is 3. The highest BCUT2D eigenvalue weighted by molar-refractivity contribution is 7.89. The van der Waals surface area contributed by atoms with Crippen LogP contribution >= 0.6 is 0 Å². The first kappa shape index (κ1) is 17.6. The minimum absolute atomic E-state index is 0.174. The summed E-state index contributed by atoms with van der Waals surface area (Å²) in [6.07, 6.45) is 0. The van der Waals surface area contributed by atoms with Crippen LogP contribution in [0.5, 0.6) is 0 Å². The van der Waals surface area contributed by atoms with E-state index in [1.165, 1.54) is 9.87 Å². The minimum Gasteiger partial charge on any atom is -0.348 e. The van der Waals surface area contributed by atoms with Gasteiger partial charge in [0.2, 0.25) is 15.9 Å². The zero-order valence-electron chi connectivity index (χ0n) is 14.6. The van der Waals surface area contributed by atoms with Gasteiger partial charge in [-0.2, -0.15) is 4.31 Å². The lowest BCUT2D eigenvalue weighted by atomic mass is 10.0. The Morgan fingerprint density at radius 1 is 1.16 bits per heavy atom. The van der Waals surface area contributed by atoms with Gasteiger partial charge in [-0.05, 0) is 49.1 Å². The molecule has 0 aromatic heterocycles. The molecule has 0 aliphatic carbocycles. The van der Waals surface area contributed by atoms with Crippen molar-refractivity contribution in [3.05, 3.63) is 64.7 Å². The quantitative estimate of drug-likeness (QED) is 0.914. The summed E-state index contributed by atoms with van der Waals surface area (Å²) >= 11 is 0. The molecule has 2 aromatic carbocycles. The molecule has 0 bridgehead atoms. The van der Waals surface area contributed by atoms with Gasteiger partial charge in [0.15, 0.2) is 0 Å². The number of fused-ring (bicyclic) bond motifs is 1. The molecule has 2 aromatic rings. The summed E-state index contributed by atoms with van der Waals surface area (Å²) in [5.74, 6) is -0.304. The zero-order valence-corrected chi connectivity index (χ0v) is 15.4. The third-order valence-corrected chi connectivity index (χ3v) is 6.56. The van der Waals surface area contributed by atoms with Gasteiger partial charge in [-0.15, -0.1) is 0 Å². The number of carbonyl (C=O) groups is 1. The Morgan fingerprint density at radius 2 is 1.88 bits per heavy atom. The van der Waals surface area contributed by atoms with Crippen LogP contribution in [0.3, 0.4) is 0 Å². The van der Waals surface area contributed by atoms with Crippen LogP contribution in [0, 0.1) is 13.8 Å². The highest BCUT2D eigenvalue weighted by Gasteiger charge is 2.35. The van der Waals surface area contributed by atoms with E-state index in [-0.39, 0.29) is 25.0 Å². The molecule has 1 heterocycles. The molecule has 1 aliphatic rings. The largest absolute Gasteiger partial charge is 0.348 e. The van der Waals surface area contributed by atoms with Gasteiger partial charge >= 0.3 is 0 Å². The zero-order chi connectivity index (χ0) is 18.2. The van der Waals surface area contributed by atoms with Crippen molar-refractivity contribution < 1.29 is 13.2 Å². The predicted molar refractivity (Wildman–Crippen MR) is 96.5 cm³/mol. The van der Waals surface area contributed by atoms with Crippen molar-refractivity contribution in [1.82, 2.24) is 9.62 Å². The summed E-state index contributed by atoms with van der Waals surface area (Å²) in [5.41, 5.74) is 4.10. The number of benzene rings is 2. The molecule has 0 spiro atoms. The highest BCUT2D eigenvalue weighted by Crippen LogP contribution is 2.29. The third-order valence-electron chi connectivity index (χ3n) is 4.67. The summed E-state index contributed by atoms with van der Waals surface area (Å²) < 4.78 is 26.2. The van der Waals surface area contributed by atoms with E-state index in [0.29, 0.717) is 4.90 Å². The molecule has 0 radical (unpaired) electrons. The topological polar surface area (TPSA) is 66.5 Å². The molecule has 1 aliphatic heterocycles. The Balaban J connectivity index is 1.68. The number of nitrogens with zero attached hydrogens (tertiary/aromatic N) is 1. The average Bonchev–Trinajstić information content (AvgIpc) is 2.81. The van der Waals surface area contributed by atoms with Gasteiger partial charge in [-0.25, -0.2) is 8.42 Å². The summed E-state index contributed by atoms with van der Waals surface area (Å²) in [6, 6.07) is 12.7. The molecule has 5 nitrogen and oxygen atoms in total. The Bertz CT molecular complexity index is 922. The second kappa shape index (κ2) is 6.61. The molecule has 25 heavy (non-hydrogen) atoms. The number of rotatable bonds is 4. The summed E-state index contributed by atoms with van der Waals surface area (Å²) in [7, 11) is -3.58. The van der Waals surface area contributed by atoms with Crippen molar-refractivity contribution in [3.63, 3.8) is 0 Å². The predicted octanol–water partition coefficient (Wildman–Crippen LogP) is 2.69. The minimum atomic E-state index is -3.58. The van der Waals surface area contributed by atoms with Gasteiger partial charge < -0.3 is 5.32 Å². The fourth-order valence-electron chi connectivity index (χ4n) is 3.01. The van der Waals surface area contributed by atoms with Crippen LogP contribution in [0.4, 0.5) is 0 Å². The van der Waals surface area contributed by atoms with Crippen LogP contribution in [-0.4, -0.2) is 25.2 Å². The second-order valence-electron chi connectivity index (χ2n) is 6.51. The van der Waals surface area contributed by atoms with Crippen LogP contribution in [-0.2, 0) is 21.4 Å². The van der Waals surface area contributed by atoms with Crippen LogP contribution in [0.25, 0.3) is 0 Å². The van der Waals surface area contributed by atoms with Crippen LogP contribution in [0.1, 0.15) is 35.2 Å². The normalized spacial score (nSPS) is 17.1. The molecular formula is C19H22N2O3S. The van der Waals surface area contributed by atoms with E-state index in [9.17, 15) is 13.2 Å². The molecule has 0 saturated heterocycles. The number of sulfonamides is 1. The van der Waals surface area contributed by atoms with E-state index >= 15 is 0 Å². The number of amides is 1. The van der Waals surface area contributed by atoms with Crippen LogP contribution < -0.4 is 5.32 Å². The fraction of sp³-hybridized carbons (Fsp3) is 0.316. The Kier molecular flexibility index (Phi) is 4.67. The van der Waals surface area contributed by atoms with Crippen molar-refractivity contribution >= 4 is 15.9 Å². The molecule has 1 N–H and O–H groups in total. The summed E-state index contributed by atoms with van der Waals surface area (Å²) in [4.78, 5) is 12.7. The SMILES string of the molecule is Cc1ccc(C(C)NC(=O)CN2Cc3ccccc3S2(=O)=O)cc1C. The maximum atomic E-state index is 12.5. The molecule has 1 unspecified atom stereocenters. The first-order chi connectivity index (χ1) is 11.8. The molecule has 1 amide bonds. The Hall–Kier alpha value is -2.18. The summed E-state index contributed by atoms with van der Waals surface area (Å²) in [5, 5.41) is 2.89. The molecule has 6 heteroatoms. The van der Waals surface area contributed by atoms with E-state index in [1.807, 2.05) is 39.0 Å². The lowest BCUT2D eigenvalue weighted by Gasteiger charge is -2.18. The van der Waals surface area contributed by atoms with E-state index in [2.05, 4.69) is 5.32 Å². The fourth-order valence-corrected chi connectivity index (χ4v) is 4.59. The van der Waals surface area contributed by atoms with E-state index in [4.69, 9.17) is 0 Å². The van der Waals surface area contributed by atoms with Crippen molar-refractivity contribution in [3.8, 4) is 0 Å². The Labute approximate surface area is 148 Å². The lowest BCUT2D eigenvalue weighted by Crippen LogP contribution is -2.38. The van der Waals surface area contributed by atoms with Gasteiger partial charge in [0, 0.05) is 6.54 Å². The number of aryl methyl sites for hydroxylation is 2. The van der Waals surface area contributed by atoms with Gasteiger partial charge in [-0.3, -0.25) is 4.79 Å². The average molecular weight is 358 g/mol. The van der Waals surface area contributed by atoms with E-state index < -0.39 is 10.0 Å². The molecule has 3 rings (SSSR count). The van der Waals surface area contributed by atoms with Crippen molar-refractivity contribution in [2.45, 2.75) is 38.3 Å². The second-order valence-corrected chi connectivity index (χ2v) is 8.42. The molecule has 0 fully saturated rings.